The van der Waals surface area contributed by atoms with E-state index < -0.39 is 0 Å². The fourth-order valence-electron chi connectivity index (χ4n) is 7.66. The van der Waals surface area contributed by atoms with Crippen molar-refractivity contribution < 1.29 is 18.9 Å². The van der Waals surface area contributed by atoms with Crippen molar-refractivity contribution in [2.24, 2.45) is 35.3 Å². The smallest absolute Gasteiger partial charge is 0.147 e. The summed E-state index contributed by atoms with van der Waals surface area (Å²) >= 11 is 0. The second-order valence-electron chi connectivity index (χ2n) is 10.2. The van der Waals surface area contributed by atoms with Gasteiger partial charge in [-0.05, 0) is 68.6 Å². The molecule has 160 valence electrons. The minimum Gasteiger partial charge on any atom is -0.349 e. The first-order chi connectivity index (χ1) is 14.2. The molecule has 0 aromatic rings. The number of ether oxygens (including phenoxy) is 4. The standard InChI is InChI=1S/C22H33N3O4/c23-9-16-14(12-1-2-18-19(5-12)27-10-26-18)7-17-15-8-21-20(28-11-29-21)6-13(15)3-4-25(17)22(16)24/h12-22H,1-8,10-11,24H2. The van der Waals surface area contributed by atoms with Crippen LogP contribution in [0.3, 0.4) is 0 Å². The molecule has 29 heavy (non-hydrogen) atoms. The maximum atomic E-state index is 10.0. The zero-order valence-electron chi connectivity index (χ0n) is 17.0. The summed E-state index contributed by atoms with van der Waals surface area (Å²) in [5.74, 6) is 2.10. The molecule has 4 heterocycles. The fraction of sp³-hybridized carbons (Fsp3) is 0.955. The molecule has 0 radical (unpaired) electrons. The van der Waals surface area contributed by atoms with Crippen LogP contribution >= 0.6 is 0 Å². The molecule has 0 amide bonds. The summed E-state index contributed by atoms with van der Waals surface area (Å²) in [7, 11) is 0. The van der Waals surface area contributed by atoms with E-state index >= 15 is 0 Å². The highest BCUT2D eigenvalue weighted by Gasteiger charge is 2.54. The molecule has 11 unspecified atom stereocenters. The summed E-state index contributed by atoms with van der Waals surface area (Å²) < 4.78 is 23.3. The highest BCUT2D eigenvalue weighted by atomic mass is 16.7. The van der Waals surface area contributed by atoms with E-state index in [-0.39, 0.29) is 36.5 Å². The highest BCUT2D eigenvalue weighted by molar-refractivity contribution is 5.09. The number of nitrogens with zero attached hydrogens (tertiary/aromatic N) is 2. The van der Waals surface area contributed by atoms with Gasteiger partial charge < -0.3 is 24.7 Å². The molecule has 4 aliphatic heterocycles. The van der Waals surface area contributed by atoms with E-state index in [1.54, 1.807) is 0 Å². The molecule has 0 bridgehead atoms. The van der Waals surface area contributed by atoms with E-state index in [1.165, 1.54) is 6.42 Å². The minimum atomic E-state index is -0.151. The van der Waals surface area contributed by atoms with Crippen molar-refractivity contribution in [1.82, 2.24) is 4.90 Å². The van der Waals surface area contributed by atoms with Crippen LogP contribution in [0.1, 0.15) is 44.9 Å². The predicted octanol–water partition coefficient (Wildman–Crippen LogP) is 1.81. The van der Waals surface area contributed by atoms with Gasteiger partial charge in [0.25, 0.3) is 0 Å². The second kappa shape index (κ2) is 7.44. The Hall–Kier alpha value is -0.750. The van der Waals surface area contributed by atoms with Gasteiger partial charge in [-0.2, -0.15) is 5.26 Å². The van der Waals surface area contributed by atoms with E-state index in [9.17, 15) is 5.26 Å². The molecule has 4 saturated heterocycles. The molecule has 7 nitrogen and oxygen atoms in total. The van der Waals surface area contributed by atoms with E-state index in [0.29, 0.717) is 43.3 Å². The van der Waals surface area contributed by atoms with Gasteiger partial charge in [-0.3, -0.25) is 4.90 Å². The molecular weight excluding hydrogens is 370 g/mol. The quantitative estimate of drug-likeness (QED) is 0.714. The van der Waals surface area contributed by atoms with Crippen molar-refractivity contribution in [1.29, 1.82) is 5.26 Å². The lowest BCUT2D eigenvalue weighted by atomic mass is 9.61. The third kappa shape index (κ3) is 3.07. The van der Waals surface area contributed by atoms with Crippen molar-refractivity contribution in [3.63, 3.8) is 0 Å². The van der Waals surface area contributed by atoms with Gasteiger partial charge in [0.15, 0.2) is 0 Å². The summed E-state index contributed by atoms with van der Waals surface area (Å²) in [6.07, 6.45) is 8.52. The normalized spacial score (nSPS) is 54.7. The van der Waals surface area contributed by atoms with Crippen LogP contribution in [0.4, 0.5) is 0 Å². The van der Waals surface area contributed by atoms with Crippen LogP contribution in [0.5, 0.6) is 0 Å². The maximum absolute atomic E-state index is 10.0. The topological polar surface area (TPSA) is 90.0 Å². The van der Waals surface area contributed by atoms with Gasteiger partial charge >= 0.3 is 0 Å². The molecule has 2 saturated carbocycles. The molecule has 6 fully saturated rings. The lowest BCUT2D eigenvalue weighted by Crippen LogP contribution is -2.65. The number of nitriles is 1. The van der Waals surface area contributed by atoms with Gasteiger partial charge in [-0.1, -0.05) is 0 Å². The zero-order chi connectivity index (χ0) is 19.5. The van der Waals surface area contributed by atoms with Gasteiger partial charge in [0, 0.05) is 12.6 Å². The van der Waals surface area contributed by atoms with E-state index in [1.807, 2.05) is 0 Å². The number of fused-ring (bicyclic) bond motifs is 5. The Bertz CT molecular complexity index is 671. The molecular formula is C22H33N3O4. The third-order valence-corrected chi connectivity index (χ3v) is 9.12. The first-order valence-electron chi connectivity index (χ1n) is 11.6. The second-order valence-corrected chi connectivity index (χ2v) is 10.2. The van der Waals surface area contributed by atoms with Gasteiger partial charge in [-0.25, -0.2) is 0 Å². The van der Waals surface area contributed by atoms with E-state index in [0.717, 1.165) is 45.1 Å². The number of rotatable bonds is 1. The van der Waals surface area contributed by atoms with Crippen LogP contribution in [0.15, 0.2) is 0 Å². The van der Waals surface area contributed by atoms with Gasteiger partial charge in [-0.15, -0.1) is 0 Å². The molecule has 0 aromatic heterocycles. The van der Waals surface area contributed by atoms with Crippen molar-refractivity contribution in [3.05, 3.63) is 0 Å². The largest absolute Gasteiger partial charge is 0.349 e. The minimum absolute atomic E-state index is 0.0888. The van der Waals surface area contributed by atoms with Crippen LogP contribution < -0.4 is 5.73 Å². The SMILES string of the molecule is N#CC1C(C2CCC3OCOC3C2)CC2C3CC4OCOC4CC3CCN2C1N. The Morgan fingerprint density at radius 3 is 2.17 bits per heavy atom. The van der Waals surface area contributed by atoms with Crippen molar-refractivity contribution in [3.8, 4) is 6.07 Å². The molecule has 7 heteroatoms. The molecule has 2 N–H and O–H groups in total. The van der Waals surface area contributed by atoms with E-state index in [4.69, 9.17) is 24.7 Å². The highest BCUT2D eigenvalue weighted by Crippen LogP contribution is 2.51. The average molecular weight is 404 g/mol. The summed E-state index contributed by atoms with van der Waals surface area (Å²) in [6.45, 7) is 1.90. The maximum Gasteiger partial charge on any atom is 0.147 e. The number of piperidine rings is 2. The molecule has 2 aliphatic carbocycles. The summed E-state index contributed by atoms with van der Waals surface area (Å²) in [5, 5.41) is 10.0. The predicted molar refractivity (Wildman–Crippen MR) is 103 cm³/mol. The lowest BCUT2D eigenvalue weighted by molar-refractivity contribution is -0.100. The zero-order valence-corrected chi connectivity index (χ0v) is 17.0. The summed E-state index contributed by atoms with van der Waals surface area (Å²) in [5.41, 5.74) is 6.77. The molecule has 0 aromatic carbocycles. The molecule has 6 rings (SSSR count). The molecule has 11 atom stereocenters. The first-order valence-corrected chi connectivity index (χ1v) is 11.6. The number of hydrogen-bond acceptors (Lipinski definition) is 7. The Morgan fingerprint density at radius 1 is 0.759 bits per heavy atom. The monoisotopic (exact) mass is 403 g/mol. The van der Waals surface area contributed by atoms with Crippen molar-refractivity contribution in [2.75, 3.05) is 20.1 Å². The van der Waals surface area contributed by atoms with Crippen LogP contribution in [0, 0.1) is 40.9 Å². The summed E-state index contributed by atoms with van der Waals surface area (Å²) in [6, 6.07) is 3.09. The van der Waals surface area contributed by atoms with Crippen molar-refractivity contribution in [2.45, 2.75) is 81.6 Å². The van der Waals surface area contributed by atoms with Crippen LogP contribution in [0.2, 0.25) is 0 Å². The van der Waals surface area contributed by atoms with Gasteiger partial charge in [0.05, 0.1) is 42.6 Å². The molecule has 0 spiro atoms. The summed E-state index contributed by atoms with van der Waals surface area (Å²) in [4.78, 5) is 2.47. The fourth-order valence-corrected chi connectivity index (χ4v) is 7.66. The van der Waals surface area contributed by atoms with Crippen molar-refractivity contribution >= 4 is 0 Å². The van der Waals surface area contributed by atoms with Crippen LogP contribution in [0.25, 0.3) is 0 Å². The Kier molecular flexibility index (Phi) is 4.87. The van der Waals surface area contributed by atoms with E-state index in [2.05, 4.69) is 11.0 Å². The van der Waals surface area contributed by atoms with Gasteiger partial charge in [0.1, 0.15) is 13.6 Å². The lowest BCUT2D eigenvalue weighted by Gasteiger charge is -2.57. The number of nitrogens with two attached hydrogens (primary N) is 1. The van der Waals surface area contributed by atoms with Crippen LogP contribution in [-0.4, -0.2) is 61.7 Å². The Labute approximate surface area is 172 Å². The van der Waals surface area contributed by atoms with Gasteiger partial charge in [0.2, 0.25) is 0 Å². The molecule has 6 aliphatic rings. The third-order valence-electron chi connectivity index (χ3n) is 9.12. The first kappa shape index (κ1) is 19.0. The average Bonchev–Trinajstić information content (AvgIpc) is 3.40. The number of hydrogen-bond donors (Lipinski definition) is 1. The Morgan fingerprint density at radius 2 is 1.41 bits per heavy atom. The Balaban J connectivity index is 1.24. The van der Waals surface area contributed by atoms with Crippen LogP contribution in [-0.2, 0) is 18.9 Å².